The molecule has 1 aliphatic rings. The maximum absolute atomic E-state index is 5.56. The zero-order valence-corrected chi connectivity index (χ0v) is 16.7. The van der Waals surface area contributed by atoms with Crippen LogP contribution in [0.25, 0.3) is 0 Å². The van der Waals surface area contributed by atoms with Gasteiger partial charge in [0.05, 0.1) is 0 Å². The number of nitrogens with zero attached hydrogens (tertiary/aromatic N) is 1. The zero-order chi connectivity index (χ0) is 18.0. The molecule has 2 rings (SSSR count). The number of hydrogen-bond acceptors (Lipinski definition) is 3. The molecule has 1 aliphatic heterocycles. The lowest BCUT2D eigenvalue weighted by Crippen LogP contribution is -2.49. The van der Waals surface area contributed by atoms with E-state index in [1.165, 1.54) is 5.56 Å². The predicted octanol–water partition coefficient (Wildman–Crippen LogP) is 3.48. The Labute approximate surface area is 157 Å². The van der Waals surface area contributed by atoms with Gasteiger partial charge in [0.1, 0.15) is 0 Å². The lowest BCUT2D eigenvalue weighted by atomic mass is 9.99. The van der Waals surface area contributed by atoms with E-state index in [1.807, 2.05) is 7.05 Å². The molecule has 1 atom stereocenters. The summed E-state index contributed by atoms with van der Waals surface area (Å²) in [5.74, 6) is 2.05. The van der Waals surface area contributed by atoms with Crippen molar-refractivity contribution >= 4 is 17.7 Å². The van der Waals surface area contributed by atoms with Crippen LogP contribution in [0.15, 0.2) is 35.3 Å². The smallest absolute Gasteiger partial charge is 0.191 e. The summed E-state index contributed by atoms with van der Waals surface area (Å²) in [5.41, 5.74) is 1.39. The van der Waals surface area contributed by atoms with Gasteiger partial charge in [-0.05, 0) is 43.9 Å². The average molecular weight is 364 g/mol. The van der Waals surface area contributed by atoms with Gasteiger partial charge >= 0.3 is 0 Å². The number of ether oxygens (including phenoxy) is 1. The second-order valence-corrected chi connectivity index (χ2v) is 8.46. The highest BCUT2D eigenvalue weighted by atomic mass is 32.2. The molecule has 25 heavy (non-hydrogen) atoms. The molecule has 1 fully saturated rings. The number of aryl methyl sites for hydroxylation is 1. The van der Waals surface area contributed by atoms with Gasteiger partial charge in [0, 0.05) is 37.6 Å². The maximum atomic E-state index is 5.56. The van der Waals surface area contributed by atoms with Crippen LogP contribution in [0, 0.1) is 0 Å². The Morgan fingerprint density at radius 2 is 2.00 bits per heavy atom. The highest BCUT2D eigenvalue weighted by Gasteiger charge is 2.32. The summed E-state index contributed by atoms with van der Waals surface area (Å²) in [7, 11) is 1.85. The van der Waals surface area contributed by atoms with E-state index in [4.69, 9.17) is 4.74 Å². The molecule has 4 nitrogen and oxygen atoms in total. The second-order valence-electron chi connectivity index (χ2n) is 6.72. The largest absolute Gasteiger partial charge is 0.381 e. The zero-order valence-electron chi connectivity index (χ0n) is 15.9. The van der Waals surface area contributed by atoms with Crippen molar-refractivity contribution in [2.24, 2.45) is 4.99 Å². The molecule has 0 aliphatic carbocycles. The molecule has 0 aromatic heterocycles. The summed E-state index contributed by atoms with van der Waals surface area (Å²) in [5, 5.41) is 7.09. The summed E-state index contributed by atoms with van der Waals surface area (Å²) in [6.07, 6.45) is 4.39. The summed E-state index contributed by atoms with van der Waals surface area (Å²) in [4.78, 5) is 4.41. The average Bonchev–Trinajstić information content (AvgIpc) is 2.65. The Hall–Kier alpha value is -1.20. The number of rotatable bonds is 8. The summed E-state index contributed by atoms with van der Waals surface area (Å²) in [6, 6.07) is 11.0. The van der Waals surface area contributed by atoms with Gasteiger partial charge in [-0.2, -0.15) is 11.8 Å². The number of hydrogen-bond donors (Lipinski definition) is 2. The van der Waals surface area contributed by atoms with Crippen LogP contribution in [0.4, 0.5) is 0 Å². The van der Waals surface area contributed by atoms with Crippen molar-refractivity contribution in [2.75, 3.05) is 32.6 Å². The Balaban J connectivity index is 1.78. The first-order valence-corrected chi connectivity index (χ1v) is 10.4. The Morgan fingerprint density at radius 1 is 1.28 bits per heavy atom. The van der Waals surface area contributed by atoms with Crippen molar-refractivity contribution in [2.45, 2.75) is 50.3 Å². The highest BCUT2D eigenvalue weighted by molar-refractivity contribution is 8.00. The fraction of sp³-hybridized carbons (Fsp3) is 0.650. The summed E-state index contributed by atoms with van der Waals surface area (Å²) < 4.78 is 5.83. The van der Waals surface area contributed by atoms with E-state index in [0.29, 0.717) is 6.04 Å². The van der Waals surface area contributed by atoms with Crippen molar-refractivity contribution in [1.82, 2.24) is 10.6 Å². The Bertz CT molecular complexity index is 509. The topological polar surface area (TPSA) is 45.7 Å². The first kappa shape index (κ1) is 20.1. The number of guanidine groups is 1. The molecule has 1 aromatic rings. The fourth-order valence-corrected chi connectivity index (χ4v) is 4.44. The molecule has 0 spiro atoms. The maximum Gasteiger partial charge on any atom is 0.191 e. The van der Waals surface area contributed by atoms with Gasteiger partial charge in [0.25, 0.3) is 0 Å². The third-order valence-electron chi connectivity index (χ3n) is 4.75. The first-order chi connectivity index (χ1) is 12.2. The molecule has 1 heterocycles. The van der Waals surface area contributed by atoms with Crippen LogP contribution in [-0.4, -0.2) is 49.3 Å². The molecule has 1 saturated heterocycles. The van der Waals surface area contributed by atoms with Crippen molar-refractivity contribution in [3.05, 3.63) is 35.9 Å². The van der Waals surface area contributed by atoms with Crippen molar-refractivity contribution in [3.63, 3.8) is 0 Å². The third kappa shape index (κ3) is 6.90. The minimum atomic E-state index is 0.276. The van der Waals surface area contributed by atoms with E-state index in [9.17, 15) is 0 Å². The SMILES string of the molecule is CCSC1(CNC(=NC)NC(C)CCc2ccccc2)CCOCC1. The number of thioether (sulfide) groups is 1. The van der Waals surface area contributed by atoms with Crippen LogP contribution in [-0.2, 0) is 11.2 Å². The van der Waals surface area contributed by atoms with Gasteiger partial charge in [0.2, 0.25) is 0 Å². The number of nitrogens with one attached hydrogen (secondary N) is 2. The monoisotopic (exact) mass is 363 g/mol. The van der Waals surface area contributed by atoms with Crippen LogP contribution < -0.4 is 10.6 Å². The Morgan fingerprint density at radius 3 is 2.64 bits per heavy atom. The van der Waals surface area contributed by atoms with Gasteiger partial charge in [-0.1, -0.05) is 37.3 Å². The van der Waals surface area contributed by atoms with Crippen LogP contribution in [0.3, 0.4) is 0 Å². The molecule has 0 radical (unpaired) electrons. The molecule has 0 amide bonds. The van der Waals surface area contributed by atoms with E-state index in [2.05, 4.69) is 71.6 Å². The van der Waals surface area contributed by atoms with Crippen LogP contribution in [0.2, 0.25) is 0 Å². The Kier molecular flexibility index (Phi) is 8.62. The predicted molar refractivity (Wildman–Crippen MR) is 110 cm³/mol. The molecule has 1 aromatic carbocycles. The lowest BCUT2D eigenvalue weighted by molar-refractivity contribution is 0.0782. The minimum absolute atomic E-state index is 0.276. The molecule has 5 heteroatoms. The van der Waals surface area contributed by atoms with Crippen LogP contribution in [0.1, 0.15) is 38.7 Å². The summed E-state index contributed by atoms with van der Waals surface area (Å²) >= 11 is 2.05. The molecule has 140 valence electrons. The van der Waals surface area contributed by atoms with Gasteiger partial charge in [-0.25, -0.2) is 0 Å². The quantitative estimate of drug-likeness (QED) is 0.548. The van der Waals surface area contributed by atoms with Crippen LogP contribution >= 0.6 is 11.8 Å². The molecule has 0 bridgehead atoms. The molecule has 0 saturated carbocycles. The van der Waals surface area contributed by atoms with Crippen molar-refractivity contribution < 1.29 is 4.74 Å². The van der Waals surface area contributed by atoms with E-state index >= 15 is 0 Å². The van der Waals surface area contributed by atoms with Gasteiger partial charge < -0.3 is 15.4 Å². The normalized spacial score (nSPS) is 18.6. The van der Waals surface area contributed by atoms with E-state index < -0.39 is 0 Å². The van der Waals surface area contributed by atoms with E-state index in [0.717, 1.165) is 57.2 Å². The highest BCUT2D eigenvalue weighted by Crippen LogP contribution is 2.34. The van der Waals surface area contributed by atoms with E-state index in [1.54, 1.807) is 0 Å². The first-order valence-electron chi connectivity index (χ1n) is 9.40. The van der Waals surface area contributed by atoms with Crippen molar-refractivity contribution in [3.8, 4) is 0 Å². The van der Waals surface area contributed by atoms with Crippen LogP contribution in [0.5, 0.6) is 0 Å². The number of benzene rings is 1. The van der Waals surface area contributed by atoms with Gasteiger partial charge in [0.15, 0.2) is 5.96 Å². The molecular formula is C20H33N3OS. The fourth-order valence-electron chi connectivity index (χ4n) is 3.19. The van der Waals surface area contributed by atoms with Gasteiger partial charge in [-0.3, -0.25) is 4.99 Å². The molecule has 1 unspecified atom stereocenters. The van der Waals surface area contributed by atoms with Gasteiger partial charge in [-0.15, -0.1) is 0 Å². The molecule has 2 N–H and O–H groups in total. The lowest BCUT2D eigenvalue weighted by Gasteiger charge is -2.37. The van der Waals surface area contributed by atoms with Crippen molar-refractivity contribution in [1.29, 1.82) is 0 Å². The second kappa shape index (κ2) is 10.7. The molecular weight excluding hydrogens is 330 g/mol. The standard InChI is InChI=1S/C20H33N3OS/c1-4-25-20(12-14-24-15-13-20)16-22-19(21-3)23-17(2)10-11-18-8-6-5-7-9-18/h5-9,17H,4,10-16H2,1-3H3,(H2,21,22,23). The van der Waals surface area contributed by atoms with E-state index in [-0.39, 0.29) is 4.75 Å². The number of aliphatic imine (C=N–C) groups is 1. The third-order valence-corrected chi connectivity index (χ3v) is 6.20. The minimum Gasteiger partial charge on any atom is -0.381 e. The summed E-state index contributed by atoms with van der Waals surface area (Å²) in [6.45, 7) is 7.14.